The molecule has 1 spiro atoms. The summed E-state index contributed by atoms with van der Waals surface area (Å²) in [4.78, 5) is 2.62. The average molecular weight is 355 g/mol. The van der Waals surface area contributed by atoms with Crippen molar-refractivity contribution < 1.29 is 4.39 Å². The molecule has 1 aromatic rings. The molecule has 1 heterocycles. The molecule has 116 valence electrons. The molecule has 2 fully saturated rings. The quantitative estimate of drug-likeness (QED) is 0.879. The molecular formula is C17H24BrFN2. The number of nitrogens with one attached hydrogen (secondary N) is 1. The molecule has 1 saturated carbocycles. The van der Waals surface area contributed by atoms with Gasteiger partial charge in [0.25, 0.3) is 0 Å². The molecule has 0 radical (unpaired) electrons. The highest BCUT2D eigenvalue weighted by Crippen LogP contribution is 2.38. The third kappa shape index (κ3) is 3.33. The van der Waals surface area contributed by atoms with Crippen LogP contribution in [0.4, 0.5) is 4.39 Å². The first-order chi connectivity index (χ1) is 10.1. The minimum Gasteiger partial charge on any atom is -0.311 e. The Morgan fingerprint density at radius 3 is 2.76 bits per heavy atom. The SMILES string of the molecule is CCC1CN(Cc2cc(F)cc(Br)c2)C2(CCCC2)CN1. The largest absolute Gasteiger partial charge is 0.311 e. The van der Waals surface area contributed by atoms with E-state index in [-0.39, 0.29) is 5.82 Å². The number of halogens is 2. The highest BCUT2D eigenvalue weighted by Gasteiger charge is 2.42. The van der Waals surface area contributed by atoms with Crippen molar-refractivity contribution in [2.45, 2.75) is 57.2 Å². The molecule has 0 bridgehead atoms. The Hall–Kier alpha value is -0.450. The summed E-state index contributed by atoms with van der Waals surface area (Å²) in [6.07, 6.45) is 6.34. The van der Waals surface area contributed by atoms with Gasteiger partial charge in [0.1, 0.15) is 5.82 Å². The fourth-order valence-electron chi connectivity index (χ4n) is 3.92. The van der Waals surface area contributed by atoms with E-state index in [9.17, 15) is 4.39 Å². The van der Waals surface area contributed by atoms with E-state index in [1.165, 1.54) is 31.7 Å². The van der Waals surface area contributed by atoms with E-state index in [1.807, 2.05) is 0 Å². The monoisotopic (exact) mass is 354 g/mol. The maximum absolute atomic E-state index is 13.6. The zero-order chi connectivity index (χ0) is 14.9. The van der Waals surface area contributed by atoms with Gasteiger partial charge in [-0.1, -0.05) is 35.7 Å². The topological polar surface area (TPSA) is 15.3 Å². The first-order valence-electron chi connectivity index (χ1n) is 8.05. The molecule has 4 heteroatoms. The molecule has 1 aliphatic carbocycles. The second kappa shape index (κ2) is 6.35. The van der Waals surface area contributed by atoms with Gasteiger partial charge in [-0.15, -0.1) is 0 Å². The van der Waals surface area contributed by atoms with Crippen molar-refractivity contribution in [3.8, 4) is 0 Å². The van der Waals surface area contributed by atoms with Crippen LogP contribution in [0.2, 0.25) is 0 Å². The van der Waals surface area contributed by atoms with Crippen LogP contribution < -0.4 is 5.32 Å². The van der Waals surface area contributed by atoms with Gasteiger partial charge in [0, 0.05) is 35.7 Å². The van der Waals surface area contributed by atoms with Gasteiger partial charge >= 0.3 is 0 Å². The Balaban J connectivity index is 1.81. The summed E-state index contributed by atoms with van der Waals surface area (Å²) in [7, 11) is 0. The van der Waals surface area contributed by atoms with Gasteiger partial charge < -0.3 is 5.32 Å². The summed E-state index contributed by atoms with van der Waals surface area (Å²) in [5, 5.41) is 3.72. The Morgan fingerprint density at radius 1 is 1.33 bits per heavy atom. The molecule has 1 N–H and O–H groups in total. The Bertz CT molecular complexity index is 479. The molecule has 1 saturated heterocycles. The van der Waals surface area contributed by atoms with Gasteiger partial charge in [-0.25, -0.2) is 4.39 Å². The number of hydrogen-bond acceptors (Lipinski definition) is 2. The van der Waals surface area contributed by atoms with Crippen molar-refractivity contribution >= 4 is 15.9 Å². The molecule has 0 amide bonds. The number of rotatable bonds is 3. The summed E-state index contributed by atoms with van der Waals surface area (Å²) in [6, 6.07) is 5.82. The summed E-state index contributed by atoms with van der Waals surface area (Å²) in [6.45, 7) is 5.25. The first-order valence-corrected chi connectivity index (χ1v) is 8.84. The highest BCUT2D eigenvalue weighted by atomic mass is 79.9. The van der Waals surface area contributed by atoms with E-state index in [0.717, 1.165) is 36.1 Å². The molecule has 1 unspecified atom stereocenters. The minimum absolute atomic E-state index is 0.151. The van der Waals surface area contributed by atoms with Crippen molar-refractivity contribution in [1.29, 1.82) is 0 Å². The third-order valence-corrected chi connectivity index (χ3v) is 5.61. The number of hydrogen-bond donors (Lipinski definition) is 1. The number of benzene rings is 1. The molecule has 21 heavy (non-hydrogen) atoms. The van der Waals surface area contributed by atoms with Crippen LogP contribution >= 0.6 is 15.9 Å². The predicted octanol–water partition coefficient (Wildman–Crippen LogP) is 4.08. The van der Waals surface area contributed by atoms with Gasteiger partial charge in [-0.05, 0) is 43.0 Å². The molecule has 2 nitrogen and oxygen atoms in total. The van der Waals surface area contributed by atoms with Crippen molar-refractivity contribution in [3.63, 3.8) is 0 Å². The predicted molar refractivity (Wildman–Crippen MR) is 87.8 cm³/mol. The van der Waals surface area contributed by atoms with E-state index in [1.54, 1.807) is 6.07 Å². The van der Waals surface area contributed by atoms with Gasteiger partial charge in [0.15, 0.2) is 0 Å². The molecular weight excluding hydrogens is 331 g/mol. The second-order valence-corrected chi connectivity index (χ2v) is 7.49. The number of nitrogens with zero attached hydrogens (tertiary/aromatic N) is 1. The maximum atomic E-state index is 13.6. The van der Waals surface area contributed by atoms with Crippen LogP contribution in [0.5, 0.6) is 0 Å². The van der Waals surface area contributed by atoms with Crippen LogP contribution in [0.15, 0.2) is 22.7 Å². The normalized spacial score (nSPS) is 25.6. The number of piperazine rings is 1. The van der Waals surface area contributed by atoms with Crippen LogP contribution in [0.1, 0.15) is 44.6 Å². The van der Waals surface area contributed by atoms with Crippen LogP contribution in [0, 0.1) is 5.82 Å². The fraction of sp³-hybridized carbons (Fsp3) is 0.647. The zero-order valence-electron chi connectivity index (χ0n) is 12.7. The van der Waals surface area contributed by atoms with E-state index in [0.29, 0.717) is 11.6 Å². The Morgan fingerprint density at radius 2 is 2.10 bits per heavy atom. The Labute approximate surface area is 135 Å². The van der Waals surface area contributed by atoms with Crippen molar-refractivity contribution in [1.82, 2.24) is 10.2 Å². The maximum Gasteiger partial charge on any atom is 0.124 e. The first kappa shape index (κ1) is 15.4. The third-order valence-electron chi connectivity index (χ3n) is 5.15. The lowest BCUT2D eigenvalue weighted by molar-refractivity contribution is 0.0348. The average Bonchev–Trinajstić information content (AvgIpc) is 2.90. The van der Waals surface area contributed by atoms with Crippen LogP contribution in [-0.2, 0) is 6.54 Å². The van der Waals surface area contributed by atoms with E-state index >= 15 is 0 Å². The van der Waals surface area contributed by atoms with Gasteiger partial charge in [0.05, 0.1) is 0 Å². The minimum atomic E-state index is -0.151. The summed E-state index contributed by atoms with van der Waals surface area (Å²) in [5.41, 5.74) is 1.37. The van der Waals surface area contributed by atoms with E-state index < -0.39 is 0 Å². The molecule has 0 aromatic heterocycles. The lowest BCUT2D eigenvalue weighted by Gasteiger charge is -2.48. The van der Waals surface area contributed by atoms with Crippen LogP contribution in [0.25, 0.3) is 0 Å². The lowest BCUT2D eigenvalue weighted by atomic mass is 9.90. The summed E-state index contributed by atoms with van der Waals surface area (Å²) in [5.74, 6) is -0.151. The van der Waals surface area contributed by atoms with Crippen LogP contribution in [0.3, 0.4) is 0 Å². The lowest BCUT2D eigenvalue weighted by Crippen LogP contribution is -2.62. The smallest absolute Gasteiger partial charge is 0.124 e. The van der Waals surface area contributed by atoms with Crippen molar-refractivity contribution in [2.24, 2.45) is 0 Å². The molecule has 3 rings (SSSR count). The van der Waals surface area contributed by atoms with E-state index in [2.05, 4.69) is 39.1 Å². The van der Waals surface area contributed by atoms with Gasteiger partial charge in [-0.2, -0.15) is 0 Å². The molecule has 1 atom stereocenters. The van der Waals surface area contributed by atoms with Crippen LogP contribution in [-0.4, -0.2) is 29.6 Å². The fourth-order valence-corrected chi connectivity index (χ4v) is 4.44. The zero-order valence-corrected chi connectivity index (χ0v) is 14.3. The summed E-state index contributed by atoms with van der Waals surface area (Å²) >= 11 is 3.41. The highest BCUT2D eigenvalue weighted by molar-refractivity contribution is 9.10. The van der Waals surface area contributed by atoms with Gasteiger partial charge in [-0.3, -0.25) is 4.90 Å². The molecule has 1 aliphatic heterocycles. The van der Waals surface area contributed by atoms with Crippen molar-refractivity contribution in [2.75, 3.05) is 13.1 Å². The molecule has 2 aliphatic rings. The Kier molecular flexibility index (Phi) is 4.67. The van der Waals surface area contributed by atoms with Crippen molar-refractivity contribution in [3.05, 3.63) is 34.1 Å². The molecule has 1 aromatic carbocycles. The summed E-state index contributed by atoms with van der Waals surface area (Å²) < 4.78 is 14.5. The standard InChI is InChI=1S/C17H24BrFN2/c1-2-16-11-21(17(12-20-16)5-3-4-6-17)10-13-7-14(18)9-15(19)8-13/h7-9,16,20H,2-6,10-12H2,1H3. The second-order valence-electron chi connectivity index (χ2n) is 6.58. The van der Waals surface area contributed by atoms with Gasteiger partial charge in [0.2, 0.25) is 0 Å². The van der Waals surface area contributed by atoms with E-state index in [4.69, 9.17) is 0 Å².